The number of benzene rings is 1. The summed E-state index contributed by atoms with van der Waals surface area (Å²) < 4.78 is 23.3. The summed E-state index contributed by atoms with van der Waals surface area (Å²) >= 11 is 0. The third-order valence-corrected chi connectivity index (χ3v) is 5.56. The van der Waals surface area contributed by atoms with Gasteiger partial charge in [0.25, 0.3) is 5.91 Å². The van der Waals surface area contributed by atoms with E-state index in [1.807, 2.05) is 13.8 Å². The number of rotatable bonds is 8. The lowest BCUT2D eigenvalue weighted by Gasteiger charge is -2.27. The van der Waals surface area contributed by atoms with Crippen molar-refractivity contribution in [2.75, 3.05) is 13.7 Å². The summed E-state index contributed by atoms with van der Waals surface area (Å²) in [5.41, 5.74) is -0.157. The molecule has 0 unspecified atom stereocenters. The Balaban J connectivity index is 2.03. The highest BCUT2D eigenvalue weighted by Gasteiger charge is 2.44. The van der Waals surface area contributed by atoms with Crippen LogP contribution in [0.1, 0.15) is 51.5 Å². The van der Waals surface area contributed by atoms with Gasteiger partial charge >= 0.3 is 11.9 Å². The summed E-state index contributed by atoms with van der Waals surface area (Å²) in [4.78, 5) is 37.0. The van der Waals surface area contributed by atoms with Crippen molar-refractivity contribution < 1.29 is 28.2 Å². The number of nitrogens with one attached hydrogen (secondary N) is 1. The lowest BCUT2D eigenvalue weighted by molar-refractivity contribution is -0.155. The highest BCUT2D eigenvalue weighted by molar-refractivity contribution is 5.88. The van der Waals surface area contributed by atoms with Crippen molar-refractivity contribution >= 4 is 17.8 Å². The summed E-state index contributed by atoms with van der Waals surface area (Å²) in [7, 11) is 1.26. The Hall–Kier alpha value is -2.44. The molecule has 2 atom stereocenters. The predicted molar refractivity (Wildman–Crippen MR) is 101 cm³/mol. The van der Waals surface area contributed by atoms with Gasteiger partial charge in [0.05, 0.1) is 12.5 Å². The zero-order chi connectivity index (χ0) is 20.7. The van der Waals surface area contributed by atoms with Gasteiger partial charge in [0.15, 0.2) is 6.61 Å². The Morgan fingerprint density at radius 2 is 1.79 bits per heavy atom. The third-order valence-electron chi connectivity index (χ3n) is 5.56. The van der Waals surface area contributed by atoms with Crippen LogP contribution < -0.4 is 5.32 Å². The Bertz CT molecular complexity index is 697. The van der Waals surface area contributed by atoms with Crippen LogP contribution in [0.2, 0.25) is 0 Å². The molecule has 6 nitrogen and oxygen atoms in total. The molecule has 0 spiro atoms. The van der Waals surface area contributed by atoms with Gasteiger partial charge in [0.1, 0.15) is 11.9 Å². The number of halogens is 1. The molecule has 7 heteroatoms. The summed E-state index contributed by atoms with van der Waals surface area (Å²) in [6.45, 7) is 3.25. The first-order valence-corrected chi connectivity index (χ1v) is 9.64. The predicted octanol–water partition coefficient (Wildman–Crippen LogP) is 2.88. The van der Waals surface area contributed by atoms with Crippen LogP contribution >= 0.6 is 0 Å². The van der Waals surface area contributed by atoms with Crippen molar-refractivity contribution in [3.8, 4) is 0 Å². The molecule has 1 aliphatic carbocycles. The van der Waals surface area contributed by atoms with Gasteiger partial charge in [-0.1, -0.05) is 45.2 Å². The first-order chi connectivity index (χ1) is 13.3. The quantitative estimate of drug-likeness (QED) is 0.687. The zero-order valence-electron chi connectivity index (χ0n) is 16.6. The number of hydrogen-bond donors (Lipinski definition) is 1. The molecule has 1 saturated carbocycles. The molecule has 1 aliphatic rings. The maximum Gasteiger partial charge on any atom is 0.328 e. The number of hydrogen-bond acceptors (Lipinski definition) is 5. The Morgan fingerprint density at radius 3 is 2.32 bits per heavy atom. The van der Waals surface area contributed by atoms with E-state index in [9.17, 15) is 18.8 Å². The highest BCUT2D eigenvalue weighted by atomic mass is 19.1. The second-order valence-electron chi connectivity index (χ2n) is 7.33. The van der Waals surface area contributed by atoms with Crippen LogP contribution in [0.15, 0.2) is 24.3 Å². The summed E-state index contributed by atoms with van der Waals surface area (Å²) in [6.07, 6.45) is 3.58. The molecule has 0 radical (unpaired) electrons. The highest BCUT2D eigenvalue weighted by Crippen LogP contribution is 2.42. The Morgan fingerprint density at radius 1 is 1.18 bits per heavy atom. The van der Waals surface area contributed by atoms with E-state index in [0.717, 1.165) is 12.8 Å². The van der Waals surface area contributed by atoms with E-state index in [1.54, 1.807) is 12.1 Å². The van der Waals surface area contributed by atoms with E-state index in [1.165, 1.54) is 19.2 Å². The summed E-state index contributed by atoms with van der Waals surface area (Å²) in [5.74, 6) is -2.08. The molecule has 0 aromatic heterocycles. The maximum absolute atomic E-state index is 13.3. The molecule has 1 N–H and O–H groups in total. The number of ether oxygens (including phenoxy) is 2. The summed E-state index contributed by atoms with van der Waals surface area (Å²) in [6, 6.07) is 5.04. The zero-order valence-corrected chi connectivity index (χ0v) is 16.6. The molecule has 1 amide bonds. The molecular weight excluding hydrogens is 365 g/mol. The van der Waals surface area contributed by atoms with Crippen LogP contribution in [0.25, 0.3) is 0 Å². The van der Waals surface area contributed by atoms with Gasteiger partial charge < -0.3 is 14.8 Å². The fourth-order valence-corrected chi connectivity index (χ4v) is 3.64. The van der Waals surface area contributed by atoms with Gasteiger partial charge in [0, 0.05) is 0 Å². The van der Waals surface area contributed by atoms with Crippen LogP contribution in [0.5, 0.6) is 0 Å². The van der Waals surface area contributed by atoms with Crippen molar-refractivity contribution in [2.45, 2.75) is 57.4 Å². The van der Waals surface area contributed by atoms with Crippen molar-refractivity contribution in [2.24, 2.45) is 5.92 Å². The number of carbonyl (C=O) groups excluding carboxylic acids is 3. The van der Waals surface area contributed by atoms with Gasteiger partial charge in [-0.25, -0.2) is 9.18 Å². The van der Waals surface area contributed by atoms with E-state index in [4.69, 9.17) is 9.47 Å². The lowest BCUT2D eigenvalue weighted by atomic mass is 9.79. The van der Waals surface area contributed by atoms with Crippen LogP contribution in [0.4, 0.5) is 4.39 Å². The molecule has 28 heavy (non-hydrogen) atoms. The number of esters is 2. The number of carbonyl (C=O) groups is 3. The molecule has 0 aliphatic heterocycles. The molecule has 1 fully saturated rings. The molecule has 0 bridgehead atoms. The average Bonchev–Trinajstić information content (AvgIpc) is 3.20. The molecular formula is C21H28FNO5. The van der Waals surface area contributed by atoms with E-state index in [-0.39, 0.29) is 11.7 Å². The standard InChI is InChI=1S/C21H28FNO5/c1-4-14(2)18(19(25)27-3)23-17(24)13-28-20(26)21(11-5-6-12-21)15-7-9-16(22)10-8-15/h7-10,14,18H,4-6,11-13H2,1-3H3,(H,23,24)/t14-,18-/m1/s1. The fraction of sp³-hybridized carbons (Fsp3) is 0.571. The van der Waals surface area contributed by atoms with Crippen molar-refractivity contribution in [1.29, 1.82) is 0 Å². The van der Waals surface area contributed by atoms with Crippen molar-refractivity contribution in [3.05, 3.63) is 35.6 Å². The van der Waals surface area contributed by atoms with Gasteiger partial charge in [-0.2, -0.15) is 0 Å². The maximum atomic E-state index is 13.3. The first kappa shape index (κ1) is 21.9. The average molecular weight is 393 g/mol. The number of methoxy groups -OCH3 is 1. The van der Waals surface area contributed by atoms with E-state index < -0.39 is 35.9 Å². The smallest absolute Gasteiger partial charge is 0.328 e. The monoisotopic (exact) mass is 393 g/mol. The largest absolute Gasteiger partial charge is 0.467 e. The van der Waals surface area contributed by atoms with Crippen LogP contribution in [-0.2, 0) is 29.3 Å². The summed E-state index contributed by atoms with van der Waals surface area (Å²) in [5, 5.41) is 2.58. The topological polar surface area (TPSA) is 81.7 Å². The second kappa shape index (κ2) is 9.66. The molecule has 0 heterocycles. The van der Waals surface area contributed by atoms with Gasteiger partial charge in [-0.3, -0.25) is 9.59 Å². The molecule has 154 valence electrons. The van der Waals surface area contributed by atoms with Gasteiger partial charge in [-0.15, -0.1) is 0 Å². The fourth-order valence-electron chi connectivity index (χ4n) is 3.64. The Kier molecular flexibility index (Phi) is 7.54. The van der Waals surface area contributed by atoms with Crippen LogP contribution in [0.3, 0.4) is 0 Å². The normalized spacial score (nSPS) is 17.4. The minimum atomic E-state index is -0.855. The van der Waals surface area contributed by atoms with E-state index in [0.29, 0.717) is 24.8 Å². The molecule has 1 aromatic rings. The third kappa shape index (κ3) is 4.88. The minimum absolute atomic E-state index is 0.118. The van der Waals surface area contributed by atoms with Crippen molar-refractivity contribution in [3.63, 3.8) is 0 Å². The van der Waals surface area contributed by atoms with Crippen molar-refractivity contribution in [1.82, 2.24) is 5.32 Å². The van der Waals surface area contributed by atoms with E-state index >= 15 is 0 Å². The van der Waals surface area contributed by atoms with Crippen LogP contribution in [0, 0.1) is 11.7 Å². The van der Waals surface area contributed by atoms with Crippen LogP contribution in [-0.4, -0.2) is 37.6 Å². The first-order valence-electron chi connectivity index (χ1n) is 9.64. The SMILES string of the molecule is CC[C@@H](C)[C@@H](NC(=O)COC(=O)C1(c2ccc(F)cc2)CCCC1)C(=O)OC. The second-order valence-corrected chi connectivity index (χ2v) is 7.33. The minimum Gasteiger partial charge on any atom is -0.467 e. The van der Waals surface area contributed by atoms with Gasteiger partial charge in [-0.05, 0) is 36.5 Å². The Labute approximate surface area is 164 Å². The molecule has 2 rings (SSSR count). The van der Waals surface area contributed by atoms with E-state index in [2.05, 4.69) is 5.32 Å². The molecule has 0 saturated heterocycles. The number of amides is 1. The lowest BCUT2D eigenvalue weighted by Crippen LogP contribution is -2.47. The molecule has 1 aromatic carbocycles. The van der Waals surface area contributed by atoms with Gasteiger partial charge in [0.2, 0.25) is 0 Å².